The van der Waals surface area contributed by atoms with E-state index < -0.39 is 0 Å². The molecule has 0 aliphatic rings. The summed E-state index contributed by atoms with van der Waals surface area (Å²) in [6, 6.07) is 7.42. The number of benzene rings is 1. The van der Waals surface area contributed by atoms with Gasteiger partial charge in [-0.05, 0) is 59.1 Å². The van der Waals surface area contributed by atoms with Crippen molar-refractivity contribution >= 4 is 27.5 Å². The molecule has 0 saturated carbocycles. The summed E-state index contributed by atoms with van der Waals surface area (Å²) >= 11 is 9.45. The highest BCUT2D eigenvalue weighted by atomic mass is 79.9. The summed E-state index contributed by atoms with van der Waals surface area (Å²) in [5.41, 5.74) is 4.71. The Morgan fingerprint density at radius 1 is 1.24 bits per heavy atom. The Bertz CT molecular complexity index is 622. The average Bonchev–Trinajstić information content (AvgIpc) is 2.43. The largest absolute Gasteiger partial charge is 0.489 e. The van der Waals surface area contributed by atoms with Crippen LogP contribution in [-0.4, -0.2) is 11.1 Å². The normalized spacial score (nSPS) is 12.5. The molecule has 0 radical (unpaired) electrons. The molecule has 1 heterocycles. The molecule has 2 rings (SSSR count). The van der Waals surface area contributed by atoms with Gasteiger partial charge < -0.3 is 4.74 Å². The summed E-state index contributed by atoms with van der Waals surface area (Å²) in [6.07, 6.45) is 3.55. The van der Waals surface area contributed by atoms with Crippen LogP contribution < -0.4 is 16.0 Å². The molecule has 3 N–H and O–H groups in total. The van der Waals surface area contributed by atoms with Gasteiger partial charge in [-0.25, -0.2) is 5.43 Å². The molecule has 0 bridgehead atoms. The second-order valence-corrected chi connectivity index (χ2v) is 6.16. The number of ether oxygens (including phenoxy) is 1. The van der Waals surface area contributed by atoms with Crippen LogP contribution in [0.4, 0.5) is 0 Å². The Hall–Kier alpha value is -1.14. The minimum Gasteiger partial charge on any atom is -0.489 e. The molecule has 112 valence electrons. The lowest BCUT2D eigenvalue weighted by Gasteiger charge is -2.18. The molecule has 1 atom stereocenters. The monoisotopic (exact) mass is 369 g/mol. The predicted octanol–water partition coefficient (Wildman–Crippen LogP) is 3.84. The SMILES string of the molecule is CC(C)Oc1cncc(C(NN)c2ccc(Cl)c(Br)c2)c1. The van der Waals surface area contributed by atoms with Gasteiger partial charge in [0, 0.05) is 10.7 Å². The highest BCUT2D eigenvalue weighted by molar-refractivity contribution is 9.10. The molecular formula is C15H17BrClN3O. The zero-order valence-corrected chi connectivity index (χ0v) is 14.1. The van der Waals surface area contributed by atoms with Gasteiger partial charge in [0.15, 0.2) is 0 Å². The fourth-order valence-corrected chi connectivity index (χ4v) is 2.52. The van der Waals surface area contributed by atoms with Crippen LogP contribution in [0.1, 0.15) is 31.0 Å². The van der Waals surface area contributed by atoms with Crippen molar-refractivity contribution in [1.82, 2.24) is 10.4 Å². The molecule has 0 amide bonds. The standard InChI is InChI=1S/C15H17BrClN3O/c1-9(2)21-12-5-11(7-19-8-12)15(20-18)10-3-4-14(17)13(16)6-10/h3-9,15,20H,18H2,1-2H3. The van der Waals surface area contributed by atoms with Gasteiger partial charge in [0.2, 0.25) is 0 Å². The van der Waals surface area contributed by atoms with Gasteiger partial charge >= 0.3 is 0 Å². The Morgan fingerprint density at radius 3 is 2.62 bits per heavy atom. The Labute approximate surface area is 137 Å². The highest BCUT2D eigenvalue weighted by Crippen LogP contribution is 2.29. The molecule has 6 heteroatoms. The van der Waals surface area contributed by atoms with Gasteiger partial charge in [-0.1, -0.05) is 17.7 Å². The third-order valence-corrected chi connectivity index (χ3v) is 4.10. The lowest BCUT2D eigenvalue weighted by molar-refractivity contribution is 0.241. The Kier molecular flexibility index (Phi) is 5.58. The average molecular weight is 371 g/mol. The molecule has 2 aromatic rings. The number of hydrogen-bond donors (Lipinski definition) is 2. The van der Waals surface area contributed by atoms with Crippen LogP contribution in [0.5, 0.6) is 5.75 Å². The Morgan fingerprint density at radius 2 is 2.00 bits per heavy atom. The van der Waals surface area contributed by atoms with Crippen molar-refractivity contribution < 1.29 is 4.74 Å². The first-order valence-electron chi connectivity index (χ1n) is 6.54. The molecule has 4 nitrogen and oxygen atoms in total. The minimum absolute atomic E-state index is 0.0935. The summed E-state index contributed by atoms with van der Waals surface area (Å²) in [5, 5.41) is 0.657. The number of hydrogen-bond acceptors (Lipinski definition) is 4. The van der Waals surface area contributed by atoms with Gasteiger partial charge in [-0.15, -0.1) is 0 Å². The molecule has 21 heavy (non-hydrogen) atoms. The van der Waals surface area contributed by atoms with Gasteiger partial charge in [-0.2, -0.15) is 0 Å². The first-order chi connectivity index (χ1) is 10.0. The van der Waals surface area contributed by atoms with E-state index in [1.54, 1.807) is 12.4 Å². The van der Waals surface area contributed by atoms with Crippen molar-refractivity contribution in [3.05, 3.63) is 57.3 Å². The maximum absolute atomic E-state index is 6.03. The van der Waals surface area contributed by atoms with Crippen LogP contribution in [0.2, 0.25) is 5.02 Å². The molecule has 1 aromatic heterocycles. The molecule has 1 aromatic carbocycles. The predicted molar refractivity (Wildman–Crippen MR) is 88.3 cm³/mol. The number of pyridine rings is 1. The topological polar surface area (TPSA) is 60.2 Å². The number of nitrogens with two attached hydrogens (primary N) is 1. The molecule has 0 saturated heterocycles. The van der Waals surface area contributed by atoms with Gasteiger partial charge in [0.1, 0.15) is 5.75 Å². The zero-order valence-electron chi connectivity index (χ0n) is 11.8. The highest BCUT2D eigenvalue weighted by Gasteiger charge is 2.15. The lowest BCUT2D eigenvalue weighted by atomic mass is 10.0. The Balaban J connectivity index is 2.34. The van der Waals surface area contributed by atoms with E-state index in [1.807, 2.05) is 38.1 Å². The van der Waals surface area contributed by atoms with E-state index in [2.05, 4.69) is 26.3 Å². The number of aromatic nitrogens is 1. The fraction of sp³-hybridized carbons (Fsp3) is 0.267. The first kappa shape index (κ1) is 16.2. The van der Waals surface area contributed by atoms with Gasteiger partial charge in [0.05, 0.1) is 23.4 Å². The summed E-state index contributed by atoms with van der Waals surface area (Å²) in [4.78, 5) is 4.21. The van der Waals surface area contributed by atoms with E-state index in [0.29, 0.717) is 5.02 Å². The first-order valence-corrected chi connectivity index (χ1v) is 7.71. The van der Waals surface area contributed by atoms with Gasteiger partial charge in [-0.3, -0.25) is 10.8 Å². The molecule has 0 spiro atoms. The number of rotatable bonds is 5. The summed E-state index contributed by atoms with van der Waals surface area (Å²) in [5.74, 6) is 6.43. The van der Waals surface area contributed by atoms with Crippen molar-refractivity contribution in [2.24, 2.45) is 5.84 Å². The van der Waals surface area contributed by atoms with Crippen LogP contribution in [0.25, 0.3) is 0 Å². The van der Waals surface area contributed by atoms with Crippen LogP contribution >= 0.6 is 27.5 Å². The minimum atomic E-state index is -0.193. The zero-order chi connectivity index (χ0) is 15.4. The van der Waals surface area contributed by atoms with E-state index in [0.717, 1.165) is 21.3 Å². The van der Waals surface area contributed by atoms with Crippen molar-refractivity contribution in [3.8, 4) is 5.75 Å². The van der Waals surface area contributed by atoms with E-state index in [1.165, 1.54) is 0 Å². The maximum Gasteiger partial charge on any atom is 0.138 e. The lowest BCUT2D eigenvalue weighted by Crippen LogP contribution is -2.29. The van der Waals surface area contributed by atoms with Crippen LogP contribution in [0.3, 0.4) is 0 Å². The number of halogens is 2. The van der Waals surface area contributed by atoms with Crippen molar-refractivity contribution in [1.29, 1.82) is 0 Å². The summed E-state index contributed by atoms with van der Waals surface area (Å²) in [6.45, 7) is 3.95. The molecule has 0 aliphatic heterocycles. The second kappa shape index (κ2) is 7.22. The number of nitrogens with zero attached hydrogens (tertiary/aromatic N) is 1. The maximum atomic E-state index is 6.03. The number of hydrazine groups is 1. The van der Waals surface area contributed by atoms with E-state index in [-0.39, 0.29) is 12.1 Å². The molecule has 0 fully saturated rings. The third kappa shape index (κ3) is 4.17. The van der Waals surface area contributed by atoms with Crippen LogP contribution in [-0.2, 0) is 0 Å². The van der Waals surface area contributed by atoms with E-state index in [9.17, 15) is 0 Å². The third-order valence-electron chi connectivity index (χ3n) is 2.88. The van der Waals surface area contributed by atoms with Crippen molar-refractivity contribution in [2.45, 2.75) is 26.0 Å². The second-order valence-electron chi connectivity index (χ2n) is 4.89. The molecular weight excluding hydrogens is 354 g/mol. The quantitative estimate of drug-likeness (QED) is 0.620. The van der Waals surface area contributed by atoms with Crippen LogP contribution in [0.15, 0.2) is 41.1 Å². The smallest absolute Gasteiger partial charge is 0.138 e. The van der Waals surface area contributed by atoms with E-state index >= 15 is 0 Å². The molecule has 0 aliphatic carbocycles. The van der Waals surface area contributed by atoms with Crippen molar-refractivity contribution in [3.63, 3.8) is 0 Å². The fourth-order valence-electron chi connectivity index (χ4n) is 2.01. The number of nitrogens with one attached hydrogen (secondary N) is 1. The van der Waals surface area contributed by atoms with Gasteiger partial charge in [0.25, 0.3) is 0 Å². The summed E-state index contributed by atoms with van der Waals surface area (Å²) < 4.78 is 6.49. The van der Waals surface area contributed by atoms with Crippen LogP contribution in [0, 0.1) is 0 Å². The summed E-state index contributed by atoms with van der Waals surface area (Å²) in [7, 11) is 0. The van der Waals surface area contributed by atoms with Crippen molar-refractivity contribution in [2.75, 3.05) is 0 Å². The molecule has 1 unspecified atom stereocenters. The van der Waals surface area contributed by atoms with E-state index in [4.69, 9.17) is 22.2 Å².